The predicted octanol–water partition coefficient (Wildman–Crippen LogP) is 2.90. The second-order valence-corrected chi connectivity index (χ2v) is 5.23. The molecular formula is C17H19NO2. The number of aliphatic hydroxyl groups is 1. The molecule has 3 rings (SSSR count). The summed E-state index contributed by atoms with van der Waals surface area (Å²) >= 11 is 0. The van der Waals surface area contributed by atoms with Crippen LogP contribution in [0.3, 0.4) is 0 Å². The summed E-state index contributed by atoms with van der Waals surface area (Å²) in [5.41, 5.74) is 4.46. The molecule has 0 radical (unpaired) electrons. The van der Waals surface area contributed by atoms with Gasteiger partial charge in [0, 0.05) is 12.8 Å². The van der Waals surface area contributed by atoms with Crippen molar-refractivity contribution in [3.8, 4) is 0 Å². The van der Waals surface area contributed by atoms with Crippen LogP contribution in [0.15, 0.2) is 48.5 Å². The molecule has 2 aromatic rings. The van der Waals surface area contributed by atoms with Gasteiger partial charge in [-0.25, -0.2) is 0 Å². The van der Waals surface area contributed by atoms with E-state index in [1.807, 2.05) is 36.4 Å². The van der Waals surface area contributed by atoms with E-state index in [0.29, 0.717) is 6.61 Å². The second-order valence-electron chi connectivity index (χ2n) is 5.23. The number of rotatable bonds is 4. The van der Waals surface area contributed by atoms with Crippen molar-refractivity contribution in [3.05, 3.63) is 65.2 Å². The van der Waals surface area contributed by atoms with Crippen molar-refractivity contribution in [1.29, 1.82) is 0 Å². The molecule has 0 aliphatic carbocycles. The quantitative estimate of drug-likeness (QED) is 0.896. The molecule has 0 spiro atoms. The van der Waals surface area contributed by atoms with Gasteiger partial charge in [0.2, 0.25) is 0 Å². The number of anilines is 1. The highest BCUT2D eigenvalue weighted by Crippen LogP contribution is 2.31. The first-order valence-electron chi connectivity index (χ1n) is 6.88. The van der Waals surface area contributed by atoms with E-state index < -0.39 is 6.10 Å². The van der Waals surface area contributed by atoms with E-state index in [-0.39, 0.29) is 6.04 Å². The third kappa shape index (κ3) is 2.55. The Morgan fingerprint density at radius 3 is 2.65 bits per heavy atom. The maximum Gasteiger partial charge on any atom is 0.0994 e. The van der Waals surface area contributed by atoms with Crippen molar-refractivity contribution >= 4 is 5.69 Å². The van der Waals surface area contributed by atoms with Crippen molar-refractivity contribution in [1.82, 2.24) is 0 Å². The zero-order valence-corrected chi connectivity index (χ0v) is 11.5. The fourth-order valence-electron chi connectivity index (χ4n) is 2.73. The number of benzene rings is 2. The fraction of sp³-hybridized carbons (Fsp3) is 0.294. The highest BCUT2D eigenvalue weighted by Gasteiger charge is 2.27. The van der Waals surface area contributed by atoms with E-state index in [2.05, 4.69) is 17.4 Å². The van der Waals surface area contributed by atoms with Gasteiger partial charge in [-0.2, -0.15) is 0 Å². The molecule has 1 aliphatic rings. The van der Waals surface area contributed by atoms with Gasteiger partial charge in [-0.1, -0.05) is 42.5 Å². The van der Waals surface area contributed by atoms with Gasteiger partial charge < -0.3 is 15.2 Å². The lowest BCUT2D eigenvalue weighted by Crippen LogP contribution is -2.24. The third-order valence-electron chi connectivity index (χ3n) is 3.81. The van der Waals surface area contributed by atoms with E-state index in [4.69, 9.17) is 4.74 Å². The van der Waals surface area contributed by atoms with Gasteiger partial charge in [0.1, 0.15) is 0 Å². The topological polar surface area (TPSA) is 41.5 Å². The van der Waals surface area contributed by atoms with Crippen LogP contribution in [0.2, 0.25) is 0 Å². The van der Waals surface area contributed by atoms with Crippen LogP contribution < -0.4 is 5.32 Å². The summed E-state index contributed by atoms with van der Waals surface area (Å²) < 4.78 is 5.10. The average Bonchev–Trinajstić information content (AvgIpc) is 2.91. The first kappa shape index (κ1) is 13.2. The maximum atomic E-state index is 10.5. The van der Waals surface area contributed by atoms with Gasteiger partial charge in [-0.15, -0.1) is 0 Å². The molecule has 0 fully saturated rings. The number of aliphatic hydroxyl groups excluding tert-OH is 1. The van der Waals surface area contributed by atoms with Gasteiger partial charge in [-0.3, -0.25) is 0 Å². The van der Waals surface area contributed by atoms with Crippen molar-refractivity contribution in [2.75, 3.05) is 12.4 Å². The largest absolute Gasteiger partial charge is 0.386 e. The molecule has 2 unspecified atom stereocenters. The van der Waals surface area contributed by atoms with Crippen molar-refractivity contribution < 1.29 is 9.84 Å². The minimum absolute atomic E-state index is 0.0423. The molecule has 0 saturated heterocycles. The van der Waals surface area contributed by atoms with Crippen molar-refractivity contribution in [2.45, 2.75) is 25.2 Å². The molecule has 104 valence electrons. The van der Waals surface area contributed by atoms with Crippen LogP contribution in [0.25, 0.3) is 0 Å². The number of methoxy groups -OCH3 is 1. The Hall–Kier alpha value is -1.84. The van der Waals surface area contributed by atoms with Crippen molar-refractivity contribution in [2.24, 2.45) is 0 Å². The molecule has 3 heteroatoms. The molecular weight excluding hydrogens is 250 g/mol. The minimum Gasteiger partial charge on any atom is -0.386 e. The number of para-hydroxylation sites is 1. The summed E-state index contributed by atoms with van der Waals surface area (Å²) in [5.74, 6) is 0. The van der Waals surface area contributed by atoms with Gasteiger partial charge in [-0.05, 0) is 29.2 Å². The van der Waals surface area contributed by atoms with Crippen molar-refractivity contribution in [3.63, 3.8) is 0 Å². The van der Waals surface area contributed by atoms with E-state index >= 15 is 0 Å². The van der Waals surface area contributed by atoms with Gasteiger partial charge >= 0.3 is 0 Å². The third-order valence-corrected chi connectivity index (χ3v) is 3.81. The summed E-state index contributed by atoms with van der Waals surface area (Å²) in [4.78, 5) is 0. The Balaban J connectivity index is 1.72. The Kier molecular flexibility index (Phi) is 3.72. The lowest BCUT2D eigenvalue weighted by atomic mass is 9.98. The first-order chi connectivity index (χ1) is 9.78. The molecule has 2 N–H and O–H groups in total. The normalized spacial score (nSPS) is 18.4. The fourth-order valence-corrected chi connectivity index (χ4v) is 2.73. The first-order valence-corrected chi connectivity index (χ1v) is 6.88. The standard InChI is InChI=1S/C17H19NO2/c1-20-11-12-6-8-13(9-7-12)17(19)16-10-14-4-2-3-5-15(14)18-16/h2-9,16-19H,10-11H2,1H3. The van der Waals surface area contributed by atoms with Crippen LogP contribution in [-0.4, -0.2) is 18.3 Å². The van der Waals surface area contributed by atoms with E-state index in [9.17, 15) is 5.11 Å². The Bertz CT molecular complexity index is 555. The zero-order chi connectivity index (χ0) is 13.9. The Morgan fingerprint density at radius 2 is 1.95 bits per heavy atom. The number of fused-ring (bicyclic) bond motifs is 1. The monoisotopic (exact) mass is 269 g/mol. The molecule has 3 nitrogen and oxygen atoms in total. The molecule has 1 heterocycles. The zero-order valence-electron chi connectivity index (χ0n) is 11.5. The van der Waals surface area contributed by atoms with Crippen LogP contribution in [-0.2, 0) is 17.8 Å². The minimum atomic E-state index is -0.501. The van der Waals surface area contributed by atoms with Gasteiger partial charge in [0.15, 0.2) is 0 Å². The smallest absolute Gasteiger partial charge is 0.0994 e. The molecule has 0 aromatic heterocycles. The molecule has 1 aliphatic heterocycles. The van der Waals surface area contributed by atoms with E-state index in [1.165, 1.54) is 5.56 Å². The summed E-state index contributed by atoms with van der Waals surface area (Å²) in [6.45, 7) is 0.601. The number of nitrogens with one attached hydrogen (secondary N) is 1. The number of ether oxygens (including phenoxy) is 1. The summed E-state index contributed by atoms with van der Waals surface area (Å²) in [5, 5.41) is 13.9. The lowest BCUT2D eigenvalue weighted by molar-refractivity contribution is 0.156. The highest BCUT2D eigenvalue weighted by molar-refractivity contribution is 5.57. The molecule has 20 heavy (non-hydrogen) atoms. The summed E-state index contributed by atoms with van der Waals surface area (Å²) in [7, 11) is 1.68. The average molecular weight is 269 g/mol. The molecule has 2 atom stereocenters. The lowest BCUT2D eigenvalue weighted by Gasteiger charge is -2.19. The maximum absolute atomic E-state index is 10.5. The van der Waals surface area contributed by atoms with Crippen LogP contribution in [0.1, 0.15) is 22.8 Å². The molecule has 0 amide bonds. The molecule has 0 bridgehead atoms. The predicted molar refractivity (Wildman–Crippen MR) is 79.7 cm³/mol. The SMILES string of the molecule is COCc1ccc(C(O)C2Cc3ccccc3N2)cc1. The second kappa shape index (κ2) is 5.65. The van der Waals surface area contributed by atoms with Crippen LogP contribution in [0, 0.1) is 0 Å². The summed E-state index contributed by atoms with van der Waals surface area (Å²) in [6.07, 6.45) is 0.357. The number of hydrogen-bond donors (Lipinski definition) is 2. The van der Waals surface area contributed by atoms with Crippen LogP contribution in [0.5, 0.6) is 0 Å². The van der Waals surface area contributed by atoms with E-state index in [1.54, 1.807) is 7.11 Å². The van der Waals surface area contributed by atoms with Crippen LogP contribution >= 0.6 is 0 Å². The highest BCUT2D eigenvalue weighted by atomic mass is 16.5. The molecule has 2 aromatic carbocycles. The summed E-state index contributed by atoms with van der Waals surface area (Å²) in [6, 6.07) is 16.2. The Morgan fingerprint density at radius 1 is 1.20 bits per heavy atom. The van der Waals surface area contributed by atoms with E-state index in [0.717, 1.165) is 23.2 Å². The molecule has 0 saturated carbocycles. The van der Waals surface area contributed by atoms with Crippen LogP contribution in [0.4, 0.5) is 5.69 Å². The Labute approximate surface area is 119 Å². The number of hydrogen-bond acceptors (Lipinski definition) is 3. The van der Waals surface area contributed by atoms with Gasteiger partial charge in [0.05, 0.1) is 18.8 Å². The van der Waals surface area contributed by atoms with Gasteiger partial charge in [0.25, 0.3) is 0 Å².